The number of hydrogen-bond donors (Lipinski definition) is 1. The number of benzene rings is 2. The van der Waals surface area contributed by atoms with Gasteiger partial charge >= 0.3 is 0 Å². The zero-order valence-electron chi connectivity index (χ0n) is 10.3. The number of anilines is 1. The van der Waals surface area contributed by atoms with Crippen molar-refractivity contribution < 1.29 is 4.79 Å². The SMILES string of the molecule is [CH2]c1cccc(NC(=O)C=Cc2cccc(Br)c2)c1. The molecule has 1 amide bonds. The van der Waals surface area contributed by atoms with Gasteiger partial charge in [-0.3, -0.25) is 4.79 Å². The monoisotopic (exact) mass is 314 g/mol. The van der Waals surface area contributed by atoms with Gasteiger partial charge in [-0.2, -0.15) is 0 Å². The molecule has 0 saturated heterocycles. The van der Waals surface area contributed by atoms with Crippen LogP contribution in [0.15, 0.2) is 59.1 Å². The van der Waals surface area contributed by atoms with E-state index in [1.54, 1.807) is 6.08 Å². The second-order valence-electron chi connectivity index (χ2n) is 4.08. The van der Waals surface area contributed by atoms with Crippen LogP contribution in [-0.2, 0) is 4.79 Å². The van der Waals surface area contributed by atoms with E-state index in [1.165, 1.54) is 6.08 Å². The molecule has 0 aliphatic rings. The highest BCUT2D eigenvalue weighted by atomic mass is 79.9. The van der Waals surface area contributed by atoms with Gasteiger partial charge in [0.2, 0.25) is 5.91 Å². The fourth-order valence-corrected chi connectivity index (χ4v) is 2.03. The van der Waals surface area contributed by atoms with Crippen LogP contribution in [0.25, 0.3) is 6.08 Å². The minimum atomic E-state index is -0.162. The molecule has 0 bridgehead atoms. The largest absolute Gasteiger partial charge is 0.323 e. The molecular weight excluding hydrogens is 302 g/mol. The fraction of sp³-hybridized carbons (Fsp3) is 0. The summed E-state index contributed by atoms with van der Waals surface area (Å²) >= 11 is 3.39. The van der Waals surface area contributed by atoms with Crippen molar-refractivity contribution >= 4 is 33.6 Å². The summed E-state index contributed by atoms with van der Waals surface area (Å²) in [5.74, 6) is -0.162. The first-order valence-corrected chi connectivity index (χ1v) is 6.59. The van der Waals surface area contributed by atoms with Crippen LogP contribution in [0, 0.1) is 6.92 Å². The molecule has 0 saturated carbocycles. The van der Waals surface area contributed by atoms with Gasteiger partial charge in [-0.25, -0.2) is 0 Å². The van der Waals surface area contributed by atoms with Gasteiger partial charge in [0.05, 0.1) is 0 Å². The Morgan fingerprint density at radius 1 is 1.16 bits per heavy atom. The van der Waals surface area contributed by atoms with Crippen LogP contribution in [0.2, 0.25) is 0 Å². The first-order valence-electron chi connectivity index (χ1n) is 5.80. The van der Waals surface area contributed by atoms with E-state index in [0.717, 1.165) is 21.3 Å². The Labute approximate surface area is 121 Å². The molecule has 1 N–H and O–H groups in total. The highest BCUT2D eigenvalue weighted by Crippen LogP contribution is 2.13. The zero-order valence-corrected chi connectivity index (χ0v) is 11.9. The van der Waals surface area contributed by atoms with Crippen molar-refractivity contribution in [3.63, 3.8) is 0 Å². The van der Waals surface area contributed by atoms with E-state index in [0.29, 0.717) is 0 Å². The van der Waals surface area contributed by atoms with Crippen molar-refractivity contribution in [2.24, 2.45) is 0 Å². The lowest BCUT2D eigenvalue weighted by Gasteiger charge is -2.02. The number of carbonyl (C=O) groups excluding carboxylic acids is 1. The van der Waals surface area contributed by atoms with Crippen molar-refractivity contribution in [3.05, 3.63) is 77.1 Å². The molecule has 0 unspecified atom stereocenters. The van der Waals surface area contributed by atoms with Crippen LogP contribution >= 0.6 is 15.9 Å². The fourth-order valence-electron chi connectivity index (χ4n) is 1.62. The zero-order chi connectivity index (χ0) is 13.7. The van der Waals surface area contributed by atoms with E-state index in [4.69, 9.17) is 0 Å². The summed E-state index contributed by atoms with van der Waals surface area (Å²) in [4.78, 5) is 11.8. The Bertz CT molecular complexity index is 620. The molecular formula is C16H13BrNO. The quantitative estimate of drug-likeness (QED) is 0.842. The van der Waals surface area contributed by atoms with Crippen LogP contribution in [0.4, 0.5) is 5.69 Å². The molecule has 0 atom stereocenters. The summed E-state index contributed by atoms with van der Waals surface area (Å²) in [6, 6.07) is 15.1. The Balaban J connectivity index is 2.01. The van der Waals surface area contributed by atoms with Crippen LogP contribution in [0.1, 0.15) is 11.1 Å². The lowest BCUT2D eigenvalue weighted by Crippen LogP contribution is -2.07. The van der Waals surface area contributed by atoms with Crippen molar-refractivity contribution in [1.29, 1.82) is 0 Å². The normalized spacial score (nSPS) is 10.6. The number of carbonyl (C=O) groups is 1. The number of rotatable bonds is 3. The van der Waals surface area contributed by atoms with E-state index in [1.807, 2.05) is 48.5 Å². The Kier molecular flexibility index (Phi) is 4.53. The van der Waals surface area contributed by atoms with Gasteiger partial charge in [0.1, 0.15) is 0 Å². The molecule has 2 nitrogen and oxygen atoms in total. The summed E-state index contributed by atoms with van der Waals surface area (Å²) in [5, 5.41) is 2.79. The highest BCUT2D eigenvalue weighted by molar-refractivity contribution is 9.10. The maximum Gasteiger partial charge on any atom is 0.248 e. The Morgan fingerprint density at radius 2 is 1.95 bits per heavy atom. The molecule has 95 valence electrons. The third-order valence-electron chi connectivity index (χ3n) is 2.47. The third-order valence-corrected chi connectivity index (χ3v) is 2.96. The molecule has 2 aromatic rings. The van der Waals surface area contributed by atoms with E-state index in [9.17, 15) is 4.79 Å². The standard InChI is InChI=1S/C16H13BrNO/c1-12-4-2-7-15(10-12)18-16(19)9-8-13-5-3-6-14(17)11-13/h2-11H,1H2,(H,18,19). The predicted molar refractivity (Wildman–Crippen MR) is 82.7 cm³/mol. The van der Waals surface area contributed by atoms with Gasteiger partial charge in [-0.1, -0.05) is 40.2 Å². The maximum absolute atomic E-state index is 11.8. The number of amides is 1. The minimum absolute atomic E-state index is 0.162. The molecule has 2 rings (SSSR count). The van der Waals surface area contributed by atoms with Crippen molar-refractivity contribution in [3.8, 4) is 0 Å². The summed E-state index contributed by atoms with van der Waals surface area (Å²) in [5.41, 5.74) is 2.58. The molecule has 0 aliphatic carbocycles. The highest BCUT2D eigenvalue weighted by Gasteiger charge is 1.98. The first-order chi connectivity index (χ1) is 9.13. The van der Waals surface area contributed by atoms with Crippen molar-refractivity contribution in [2.75, 3.05) is 5.32 Å². The van der Waals surface area contributed by atoms with Gasteiger partial charge in [-0.05, 0) is 48.4 Å². The smallest absolute Gasteiger partial charge is 0.248 e. The first kappa shape index (κ1) is 13.6. The molecule has 19 heavy (non-hydrogen) atoms. The topological polar surface area (TPSA) is 29.1 Å². The van der Waals surface area contributed by atoms with E-state index >= 15 is 0 Å². The second kappa shape index (κ2) is 6.34. The van der Waals surface area contributed by atoms with Crippen molar-refractivity contribution in [2.45, 2.75) is 0 Å². The molecule has 0 fully saturated rings. The van der Waals surface area contributed by atoms with Crippen LogP contribution in [0.3, 0.4) is 0 Å². The molecule has 1 radical (unpaired) electrons. The van der Waals surface area contributed by atoms with Crippen LogP contribution in [-0.4, -0.2) is 5.91 Å². The lowest BCUT2D eigenvalue weighted by molar-refractivity contribution is -0.111. The lowest BCUT2D eigenvalue weighted by atomic mass is 10.2. The van der Waals surface area contributed by atoms with Gasteiger partial charge in [-0.15, -0.1) is 0 Å². The third kappa shape index (κ3) is 4.38. The molecule has 2 aromatic carbocycles. The average molecular weight is 315 g/mol. The number of nitrogens with one attached hydrogen (secondary N) is 1. The minimum Gasteiger partial charge on any atom is -0.323 e. The Morgan fingerprint density at radius 3 is 2.68 bits per heavy atom. The van der Waals surface area contributed by atoms with Gasteiger partial charge in [0, 0.05) is 16.2 Å². The van der Waals surface area contributed by atoms with Crippen LogP contribution < -0.4 is 5.32 Å². The average Bonchev–Trinajstić information content (AvgIpc) is 2.36. The summed E-state index contributed by atoms with van der Waals surface area (Å²) < 4.78 is 0.986. The predicted octanol–water partition coefficient (Wildman–Crippen LogP) is 4.28. The van der Waals surface area contributed by atoms with Gasteiger partial charge in [0.15, 0.2) is 0 Å². The Hall–Kier alpha value is -1.87. The number of hydrogen-bond acceptors (Lipinski definition) is 1. The van der Waals surface area contributed by atoms with Crippen molar-refractivity contribution in [1.82, 2.24) is 0 Å². The van der Waals surface area contributed by atoms with Crippen LogP contribution in [0.5, 0.6) is 0 Å². The summed E-state index contributed by atoms with van der Waals surface area (Å²) in [7, 11) is 0. The van der Waals surface area contributed by atoms with E-state index in [-0.39, 0.29) is 5.91 Å². The van der Waals surface area contributed by atoms with Gasteiger partial charge in [0.25, 0.3) is 0 Å². The van der Waals surface area contributed by atoms with Gasteiger partial charge < -0.3 is 5.32 Å². The second-order valence-corrected chi connectivity index (χ2v) is 4.99. The maximum atomic E-state index is 11.8. The van der Waals surface area contributed by atoms with E-state index < -0.39 is 0 Å². The molecule has 0 heterocycles. The van der Waals surface area contributed by atoms with E-state index in [2.05, 4.69) is 28.2 Å². The molecule has 0 spiro atoms. The summed E-state index contributed by atoms with van der Waals surface area (Å²) in [6.07, 6.45) is 3.28. The summed E-state index contributed by atoms with van der Waals surface area (Å²) in [6.45, 7) is 3.82. The molecule has 3 heteroatoms. The molecule has 0 aliphatic heterocycles. The molecule has 0 aromatic heterocycles. The number of halogens is 1.